The first-order chi connectivity index (χ1) is 16.9. The zero-order valence-electron chi connectivity index (χ0n) is 20.1. The maximum atomic E-state index is 13.3. The van der Waals surface area contributed by atoms with Gasteiger partial charge in [0.2, 0.25) is 0 Å². The molecular weight excluding hydrogens is 440 g/mol. The van der Waals surface area contributed by atoms with Crippen molar-refractivity contribution < 1.29 is 14.3 Å². The number of imidazole rings is 1. The molecule has 2 amide bonds. The summed E-state index contributed by atoms with van der Waals surface area (Å²) in [6.45, 7) is 7.13. The number of rotatable bonds is 4. The zero-order chi connectivity index (χ0) is 24.5. The average molecular weight is 469 g/mol. The van der Waals surface area contributed by atoms with E-state index in [1.807, 2.05) is 39.0 Å². The molecule has 0 radical (unpaired) electrons. The van der Waals surface area contributed by atoms with E-state index in [0.29, 0.717) is 30.8 Å². The van der Waals surface area contributed by atoms with Gasteiger partial charge in [-0.2, -0.15) is 0 Å². The number of amides is 2. The number of aromatic amines is 1. The van der Waals surface area contributed by atoms with Crippen LogP contribution < -0.4 is 10.1 Å². The number of hydrogen-bond donors (Lipinski definition) is 2. The van der Waals surface area contributed by atoms with Crippen molar-refractivity contribution in [2.75, 3.05) is 13.2 Å². The van der Waals surface area contributed by atoms with Crippen LogP contribution in [0.2, 0.25) is 0 Å². The lowest BCUT2D eigenvalue weighted by molar-refractivity contribution is 0.0732. The number of H-pyrrole nitrogens is 1. The van der Waals surface area contributed by atoms with Crippen LogP contribution in [0.3, 0.4) is 0 Å². The lowest BCUT2D eigenvalue weighted by Gasteiger charge is -2.20. The van der Waals surface area contributed by atoms with Gasteiger partial charge >= 0.3 is 0 Å². The van der Waals surface area contributed by atoms with Crippen LogP contribution in [0.5, 0.6) is 5.75 Å². The van der Waals surface area contributed by atoms with Crippen molar-refractivity contribution in [1.29, 1.82) is 0 Å². The highest BCUT2D eigenvalue weighted by molar-refractivity contribution is 5.98. The lowest BCUT2D eigenvalue weighted by Crippen LogP contribution is -2.32. The van der Waals surface area contributed by atoms with E-state index in [1.165, 1.54) is 0 Å². The van der Waals surface area contributed by atoms with Crippen LogP contribution in [0.25, 0.3) is 22.2 Å². The largest absolute Gasteiger partial charge is 0.491 e. The minimum atomic E-state index is -0.146. The molecule has 35 heavy (non-hydrogen) atoms. The summed E-state index contributed by atoms with van der Waals surface area (Å²) in [7, 11) is 0. The Balaban J connectivity index is 1.37. The summed E-state index contributed by atoms with van der Waals surface area (Å²) in [5.74, 6) is 1.45. The van der Waals surface area contributed by atoms with Crippen molar-refractivity contribution in [3.63, 3.8) is 0 Å². The van der Waals surface area contributed by atoms with Crippen LogP contribution >= 0.6 is 0 Å². The second-order valence-electron chi connectivity index (χ2n) is 9.16. The zero-order valence-corrected chi connectivity index (χ0v) is 20.1. The number of benzene rings is 3. The molecular formula is C28H28N4O3. The van der Waals surface area contributed by atoms with Crippen LogP contribution in [0.1, 0.15) is 46.0 Å². The van der Waals surface area contributed by atoms with Crippen molar-refractivity contribution in [3.8, 4) is 16.9 Å². The number of carbonyl (C=O) groups is 2. The van der Waals surface area contributed by atoms with E-state index in [0.717, 1.165) is 39.3 Å². The summed E-state index contributed by atoms with van der Waals surface area (Å²) >= 11 is 0. The quantitative estimate of drug-likeness (QED) is 0.454. The van der Waals surface area contributed by atoms with Gasteiger partial charge in [0.15, 0.2) is 0 Å². The smallest absolute Gasteiger partial charge is 0.254 e. The molecule has 2 N–H and O–H groups in total. The third-order valence-corrected chi connectivity index (χ3v) is 6.08. The van der Waals surface area contributed by atoms with E-state index in [4.69, 9.17) is 4.74 Å². The normalized spacial score (nSPS) is 13.3. The highest BCUT2D eigenvalue weighted by Gasteiger charge is 2.22. The third-order valence-electron chi connectivity index (χ3n) is 6.08. The highest BCUT2D eigenvalue weighted by Crippen LogP contribution is 2.31. The Hall–Kier alpha value is -4.13. The minimum Gasteiger partial charge on any atom is -0.491 e. The number of fused-ring (bicyclic) bond motifs is 2. The van der Waals surface area contributed by atoms with Crippen LogP contribution in [-0.2, 0) is 6.54 Å². The van der Waals surface area contributed by atoms with Crippen molar-refractivity contribution in [2.45, 2.75) is 33.4 Å². The first kappa shape index (κ1) is 22.7. The molecule has 0 saturated carbocycles. The SMILES string of the molecule is Cc1nc2ccc(-c3ccc4c(c3)CN(C(=O)c3ccc(C(=O)NC(C)C)cc3)CCO4)cc2[nH]1. The molecule has 1 aliphatic rings. The van der Waals surface area contributed by atoms with Crippen LogP contribution in [-0.4, -0.2) is 45.9 Å². The first-order valence-corrected chi connectivity index (χ1v) is 11.8. The van der Waals surface area contributed by atoms with E-state index in [2.05, 4.69) is 33.5 Å². The molecule has 0 atom stereocenters. The summed E-state index contributed by atoms with van der Waals surface area (Å²) in [4.78, 5) is 35.1. The van der Waals surface area contributed by atoms with E-state index in [9.17, 15) is 9.59 Å². The van der Waals surface area contributed by atoms with Gasteiger partial charge in [0.25, 0.3) is 11.8 Å². The summed E-state index contributed by atoms with van der Waals surface area (Å²) in [5.41, 5.74) is 6.10. The maximum Gasteiger partial charge on any atom is 0.254 e. The summed E-state index contributed by atoms with van der Waals surface area (Å²) < 4.78 is 5.95. The van der Waals surface area contributed by atoms with Crippen molar-refractivity contribution >= 4 is 22.8 Å². The van der Waals surface area contributed by atoms with Gasteiger partial charge < -0.3 is 19.9 Å². The molecule has 7 heteroatoms. The molecule has 0 aliphatic carbocycles. The van der Waals surface area contributed by atoms with Gasteiger partial charge in [0, 0.05) is 29.3 Å². The Kier molecular flexibility index (Phi) is 5.99. The number of nitrogens with one attached hydrogen (secondary N) is 2. The Bertz CT molecular complexity index is 1410. The molecule has 5 rings (SSSR count). The molecule has 1 aromatic heterocycles. The Morgan fingerprint density at radius 1 is 1.00 bits per heavy atom. The fourth-order valence-electron chi connectivity index (χ4n) is 4.36. The van der Waals surface area contributed by atoms with E-state index in [1.54, 1.807) is 29.2 Å². The van der Waals surface area contributed by atoms with Gasteiger partial charge in [-0.25, -0.2) is 4.98 Å². The molecule has 4 aromatic rings. The Morgan fingerprint density at radius 2 is 1.71 bits per heavy atom. The molecule has 178 valence electrons. The molecule has 1 aliphatic heterocycles. The predicted octanol–water partition coefficient (Wildman–Crippen LogP) is 4.71. The minimum absolute atomic E-state index is 0.0522. The number of carbonyl (C=O) groups excluding carboxylic acids is 2. The van der Waals surface area contributed by atoms with E-state index >= 15 is 0 Å². The molecule has 0 bridgehead atoms. The van der Waals surface area contributed by atoms with Crippen LogP contribution in [0, 0.1) is 6.92 Å². The molecule has 0 saturated heterocycles. The second-order valence-corrected chi connectivity index (χ2v) is 9.16. The van der Waals surface area contributed by atoms with Crippen molar-refractivity contribution in [2.24, 2.45) is 0 Å². The standard InChI is InChI=1S/C28H28N4O3/c1-17(2)29-27(33)19-4-6-20(7-5-19)28(34)32-12-13-35-26-11-9-21(14-23(26)16-32)22-8-10-24-25(15-22)31-18(3)30-24/h4-11,14-15,17H,12-13,16H2,1-3H3,(H,29,33)(H,30,31). The molecule has 0 spiro atoms. The van der Waals surface area contributed by atoms with Crippen LogP contribution in [0.15, 0.2) is 60.7 Å². The summed E-state index contributed by atoms with van der Waals surface area (Å²) in [6, 6.07) is 19.1. The monoisotopic (exact) mass is 468 g/mol. The Labute approximate surface area is 204 Å². The molecule has 0 unspecified atom stereocenters. The number of aromatic nitrogens is 2. The summed E-state index contributed by atoms with van der Waals surface area (Å²) in [6.07, 6.45) is 0. The second kappa shape index (κ2) is 9.25. The molecule has 7 nitrogen and oxygen atoms in total. The summed E-state index contributed by atoms with van der Waals surface area (Å²) in [5, 5.41) is 2.86. The lowest BCUT2D eigenvalue weighted by atomic mass is 10.0. The average Bonchev–Trinajstić information content (AvgIpc) is 3.08. The number of nitrogens with zero attached hydrogens (tertiary/aromatic N) is 2. The molecule has 0 fully saturated rings. The third kappa shape index (κ3) is 4.75. The predicted molar refractivity (Wildman–Crippen MR) is 136 cm³/mol. The van der Waals surface area contributed by atoms with Gasteiger partial charge in [-0.1, -0.05) is 12.1 Å². The highest BCUT2D eigenvalue weighted by atomic mass is 16.5. The molecule has 2 heterocycles. The molecule has 3 aromatic carbocycles. The van der Waals surface area contributed by atoms with Gasteiger partial charge in [0.05, 0.1) is 17.6 Å². The van der Waals surface area contributed by atoms with Crippen molar-refractivity contribution in [3.05, 3.63) is 83.2 Å². The number of aryl methyl sites for hydroxylation is 1. The van der Waals surface area contributed by atoms with E-state index in [-0.39, 0.29) is 17.9 Å². The van der Waals surface area contributed by atoms with Gasteiger partial charge in [-0.3, -0.25) is 9.59 Å². The van der Waals surface area contributed by atoms with Gasteiger partial charge in [-0.05, 0) is 80.4 Å². The maximum absolute atomic E-state index is 13.3. The number of ether oxygens (including phenoxy) is 1. The topological polar surface area (TPSA) is 87.3 Å². The Morgan fingerprint density at radius 3 is 2.49 bits per heavy atom. The fourth-order valence-corrected chi connectivity index (χ4v) is 4.36. The number of hydrogen-bond acceptors (Lipinski definition) is 4. The van der Waals surface area contributed by atoms with E-state index < -0.39 is 0 Å². The fraction of sp³-hybridized carbons (Fsp3) is 0.250. The first-order valence-electron chi connectivity index (χ1n) is 11.8. The van der Waals surface area contributed by atoms with Gasteiger partial charge in [-0.15, -0.1) is 0 Å². The van der Waals surface area contributed by atoms with Crippen LogP contribution in [0.4, 0.5) is 0 Å². The van der Waals surface area contributed by atoms with Gasteiger partial charge in [0.1, 0.15) is 18.2 Å². The van der Waals surface area contributed by atoms with Crippen molar-refractivity contribution in [1.82, 2.24) is 20.2 Å².